The topological polar surface area (TPSA) is 76.8 Å². The first kappa shape index (κ1) is 25.2. The molecule has 0 spiro atoms. The summed E-state index contributed by atoms with van der Waals surface area (Å²) in [7, 11) is 0. The third-order valence-electron chi connectivity index (χ3n) is 7.64. The number of aryl methyl sites for hydroxylation is 1. The van der Waals surface area contributed by atoms with E-state index in [1.54, 1.807) is 35.5 Å². The van der Waals surface area contributed by atoms with Crippen molar-refractivity contribution in [1.29, 1.82) is 0 Å². The monoisotopic (exact) mass is 544 g/mol. The van der Waals surface area contributed by atoms with E-state index in [0.717, 1.165) is 46.6 Å². The Morgan fingerprint density at radius 3 is 2.61 bits per heavy atom. The van der Waals surface area contributed by atoms with Crippen molar-refractivity contribution < 1.29 is 4.79 Å². The van der Waals surface area contributed by atoms with Gasteiger partial charge in [-0.25, -0.2) is 4.98 Å². The van der Waals surface area contributed by atoms with E-state index in [1.807, 2.05) is 17.5 Å². The lowest BCUT2D eigenvalue weighted by Crippen LogP contribution is -2.37. The van der Waals surface area contributed by atoms with Gasteiger partial charge in [-0.05, 0) is 61.3 Å². The second-order valence-corrected chi connectivity index (χ2v) is 13.7. The number of benzene rings is 1. The molecule has 6 rings (SSSR count). The maximum Gasteiger partial charge on any atom is 0.273 e. The van der Waals surface area contributed by atoms with E-state index in [-0.39, 0.29) is 16.7 Å². The number of thiazole rings is 1. The molecule has 196 valence electrons. The first-order valence-corrected chi connectivity index (χ1v) is 14.9. The summed E-state index contributed by atoms with van der Waals surface area (Å²) in [6.45, 7) is 9.91. The molecule has 1 aromatic carbocycles. The molecule has 4 heterocycles. The minimum absolute atomic E-state index is 0.0757. The third-order valence-corrected chi connectivity index (χ3v) is 9.61. The lowest BCUT2D eigenvalue weighted by Gasteiger charge is -2.39. The lowest BCUT2D eigenvalue weighted by atomic mass is 9.65. The highest BCUT2D eigenvalue weighted by atomic mass is 32.2. The van der Waals surface area contributed by atoms with E-state index in [1.165, 1.54) is 12.0 Å². The highest BCUT2D eigenvalue weighted by molar-refractivity contribution is 7.98. The normalized spacial score (nSPS) is 22.1. The number of pyridine rings is 1. The summed E-state index contributed by atoms with van der Waals surface area (Å²) in [6.07, 6.45) is 6.86. The van der Waals surface area contributed by atoms with Gasteiger partial charge >= 0.3 is 0 Å². The first-order valence-electron chi connectivity index (χ1n) is 13.0. The third kappa shape index (κ3) is 4.89. The van der Waals surface area contributed by atoms with Gasteiger partial charge in [0.05, 0.1) is 5.75 Å². The number of aromatic nitrogens is 5. The van der Waals surface area contributed by atoms with E-state index in [0.29, 0.717) is 17.5 Å². The Labute approximate surface area is 231 Å². The molecule has 0 N–H and O–H groups in total. The summed E-state index contributed by atoms with van der Waals surface area (Å²) in [5.41, 5.74) is 4.21. The Kier molecular flexibility index (Phi) is 6.39. The Morgan fingerprint density at radius 2 is 1.84 bits per heavy atom. The molecule has 7 nitrogen and oxygen atoms in total. The van der Waals surface area contributed by atoms with Crippen molar-refractivity contribution in [3.05, 3.63) is 70.4 Å². The number of thioether (sulfide) groups is 1. The second-order valence-electron chi connectivity index (χ2n) is 11.8. The van der Waals surface area contributed by atoms with Crippen LogP contribution in [0.15, 0.2) is 59.3 Å². The van der Waals surface area contributed by atoms with Gasteiger partial charge in [0.25, 0.3) is 5.91 Å². The molecule has 9 heteroatoms. The quantitative estimate of drug-likeness (QED) is 0.261. The van der Waals surface area contributed by atoms with E-state index < -0.39 is 0 Å². The number of carbonyl (C=O) groups excluding carboxylic acids is 1. The lowest BCUT2D eigenvalue weighted by molar-refractivity contribution is 0.0703. The number of hydrogen-bond acceptors (Lipinski definition) is 7. The average molecular weight is 545 g/mol. The van der Waals surface area contributed by atoms with Gasteiger partial charge < -0.3 is 4.90 Å². The van der Waals surface area contributed by atoms with Crippen molar-refractivity contribution in [2.45, 2.75) is 63.9 Å². The minimum atomic E-state index is 0.0757. The van der Waals surface area contributed by atoms with Crippen LogP contribution in [-0.4, -0.2) is 48.1 Å². The van der Waals surface area contributed by atoms with Crippen LogP contribution in [0.25, 0.3) is 17.1 Å². The number of rotatable bonds is 6. The maximum absolute atomic E-state index is 13.5. The number of amides is 1. The molecule has 0 radical (unpaired) electrons. The van der Waals surface area contributed by atoms with Crippen LogP contribution in [-0.2, 0) is 5.75 Å². The molecule has 2 unspecified atom stereocenters. The Morgan fingerprint density at radius 1 is 1.08 bits per heavy atom. The molecular formula is C29H32N6OS2. The zero-order valence-corrected chi connectivity index (χ0v) is 23.9. The fraction of sp³-hybridized carbons (Fsp3) is 0.414. The minimum Gasteiger partial charge on any atom is -0.334 e. The number of hydrogen-bond donors (Lipinski definition) is 0. The van der Waals surface area contributed by atoms with Crippen LogP contribution in [0.4, 0.5) is 0 Å². The second kappa shape index (κ2) is 9.61. The van der Waals surface area contributed by atoms with E-state index in [4.69, 9.17) is 4.98 Å². The van der Waals surface area contributed by atoms with Crippen molar-refractivity contribution in [2.24, 2.45) is 10.8 Å². The molecule has 38 heavy (non-hydrogen) atoms. The van der Waals surface area contributed by atoms with Crippen molar-refractivity contribution >= 4 is 29.0 Å². The molecule has 1 aliphatic heterocycles. The standard InChI is InChI=1S/C29H32N6OS2/c1-19-5-7-21(8-6-19)35-25(20-9-11-30-12-10-20)32-33-27(35)38-16-24-31-23(15-37-24)26(36)34-18-29(4)14-22(34)13-28(2,3)17-29/h5-12,15,22H,13-14,16-18H2,1-4H3. The summed E-state index contributed by atoms with van der Waals surface area (Å²) in [6, 6.07) is 12.5. The summed E-state index contributed by atoms with van der Waals surface area (Å²) >= 11 is 3.12. The number of nitrogens with zero attached hydrogens (tertiary/aromatic N) is 6. The summed E-state index contributed by atoms with van der Waals surface area (Å²) in [5.74, 6) is 1.46. The molecule has 1 saturated carbocycles. The van der Waals surface area contributed by atoms with Gasteiger partial charge in [0, 0.05) is 41.6 Å². The van der Waals surface area contributed by atoms with Gasteiger partial charge in [0.1, 0.15) is 10.7 Å². The van der Waals surface area contributed by atoms with Crippen LogP contribution in [0.1, 0.15) is 61.1 Å². The average Bonchev–Trinajstić information content (AvgIpc) is 3.58. The van der Waals surface area contributed by atoms with E-state index in [2.05, 4.69) is 76.6 Å². The highest BCUT2D eigenvalue weighted by Gasteiger charge is 2.51. The molecule has 3 aromatic heterocycles. The van der Waals surface area contributed by atoms with Crippen LogP contribution < -0.4 is 0 Å². The number of carbonyl (C=O) groups is 1. The van der Waals surface area contributed by atoms with Crippen molar-refractivity contribution in [3.63, 3.8) is 0 Å². The SMILES string of the molecule is Cc1ccc(-n2c(SCc3nc(C(=O)N4CC5(C)CC4CC(C)(C)C5)cs3)nnc2-c2ccncc2)cc1. The van der Waals surface area contributed by atoms with E-state index >= 15 is 0 Å². The maximum atomic E-state index is 13.5. The molecule has 2 fully saturated rings. The zero-order chi connectivity index (χ0) is 26.5. The van der Waals surface area contributed by atoms with Crippen LogP contribution in [0, 0.1) is 17.8 Å². The first-order chi connectivity index (χ1) is 18.2. The van der Waals surface area contributed by atoms with E-state index in [9.17, 15) is 4.79 Å². The molecule has 4 aromatic rings. The molecule has 1 amide bonds. The Hall–Kier alpha value is -3.04. The van der Waals surface area contributed by atoms with Crippen molar-refractivity contribution in [1.82, 2.24) is 29.6 Å². The highest BCUT2D eigenvalue weighted by Crippen LogP contribution is 2.52. The summed E-state index contributed by atoms with van der Waals surface area (Å²) in [5, 5.41) is 12.7. The predicted molar refractivity (Wildman–Crippen MR) is 152 cm³/mol. The number of fused-ring (bicyclic) bond motifs is 2. The van der Waals surface area contributed by atoms with Crippen LogP contribution in [0.3, 0.4) is 0 Å². The molecule has 2 aliphatic rings. The fourth-order valence-corrected chi connectivity index (χ4v) is 8.16. The van der Waals surface area contributed by atoms with Crippen LogP contribution >= 0.6 is 23.1 Å². The van der Waals surface area contributed by atoms with Gasteiger partial charge in [-0.3, -0.25) is 14.3 Å². The summed E-state index contributed by atoms with van der Waals surface area (Å²) in [4.78, 5) is 24.5. The summed E-state index contributed by atoms with van der Waals surface area (Å²) < 4.78 is 2.08. The van der Waals surface area contributed by atoms with Gasteiger partial charge in [-0.15, -0.1) is 21.5 Å². The van der Waals surface area contributed by atoms with Gasteiger partial charge in [0.2, 0.25) is 0 Å². The molecule has 1 saturated heterocycles. The molecule has 2 atom stereocenters. The van der Waals surface area contributed by atoms with Gasteiger partial charge in [-0.2, -0.15) is 0 Å². The Bertz CT molecular complexity index is 1460. The molecule has 1 aliphatic carbocycles. The van der Waals surface area contributed by atoms with Gasteiger partial charge in [-0.1, -0.05) is 50.2 Å². The number of likely N-dealkylation sites (tertiary alicyclic amines) is 1. The smallest absolute Gasteiger partial charge is 0.273 e. The van der Waals surface area contributed by atoms with Crippen LogP contribution in [0.5, 0.6) is 0 Å². The van der Waals surface area contributed by atoms with Crippen molar-refractivity contribution in [3.8, 4) is 17.1 Å². The predicted octanol–water partition coefficient (Wildman–Crippen LogP) is 6.43. The van der Waals surface area contributed by atoms with Crippen LogP contribution in [0.2, 0.25) is 0 Å². The largest absolute Gasteiger partial charge is 0.334 e. The molecule has 2 bridgehead atoms. The zero-order valence-electron chi connectivity index (χ0n) is 22.2. The van der Waals surface area contributed by atoms with Crippen molar-refractivity contribution in [2.75, 3.05) is 6.54 Å². The fourth-order valence-electron chi connectivity index (χ4n) is 6.42. The van der Waals surface area contributed by atoms with Gasteiger partial charge in [0.15, 0.2) is 11.0 Å². The Balaban J connectivity index is 1.21. The molecular weight excluding hydrogens is 512 g/mol.